The molecule has 3 heterocycles. The molecule has 7 heteroatoms. The fraction of sp³-hybridized carbons (Fsp3) is 0.769. The van der Waals surface area contributed by atoms with E-state index >= 15 is 0 Å². The minimum atomic E-state index is -0.947. The van der Waals surface area contributed by atoms with Crippen LogP contribution in [0, 0.1) is 0 Å². The minimum Gasteiger partial charge on any atom is -0.480 e. The number of carbonyl (C=O) groups excluding carboxylic acids is 2. The van der Waals surface area contributed by atoms with Crippen LogP contribution in [0.2, 0.25) is 0 Å². The van der Waals surface area contributed by atoms with Gasteiger partial charge in [0.15, 0.2) is 0 Å². The van der Waals surface area contributed by atoms with E-state index in [0.717, 1.165) is 6.42 Å². The molecule has 0 aromatic rings. The van der Waals surface area contributed by atoms with Crippen molar-refractivity contribution >= 4 is 29.5 Å². The Morgan fingerprint density at radius 2 is 2.15 bits per heavy atom. The third-order valence-electron chi connectivity index (χ3n) is 4.55. The molecule has 0 bridgehead atoms. The lowest BCUT2D eigenvalue weighted by molar-refractivity contribution is -0.151. The van der Waals surface area contributed by atoms with Crippen LogP contribution in [0.25, 0.3) is 0 Å². The molecule has 1 N–H and O–H groups in total. The van der Waals surface area contributed by atoms with E-state index in [1.807, 2.05) is 6.92 Å². The van der Waals surface area contributed by atoms with Crippen molar-refractivity contribution in [3.05, 3.63) is 0 Å². The molecule has 3 atom stereocenters. The highest BCUT2D eigenvalue weighted by atomic mass is 32.2. The molecule has 2 amide bonds. The highest BCUT2D eigenvalue weighted by Gasteiger charge is 2.54. The lowest BCUT2D eigenvalue weighted by Crippen LogP contribution is -2.53. The molecule has 0 aliphatic carbocycles. The summed E-state index contributed by atoms with van der Waals surface area (Å²) in [6, 6.07) is -1.21. The number of carbonyl (C=O) groups is 3. The first-order chi connectivity index (χ1) is 9.44. The summed E-state index contributed by atoms with van der Waals surface area (Å²) >= 11 is 1.63. The van der Waals surface area contributed by atoms with E-state index in [4.69, 9.17) is 0 Å². The first-order valence-corrected chi connectivity index (χ1v) is 7.92. The summed E-state index contributed by atoms with van der Waals surface area (Å²) in [5, 5.41) is 9.19. The summed E-state index contributed by atoms with van der Waals surface area (Å²) in [7, 11) is 0. The quantitative estimate of drug-likeness (QED) is 0.804. The average molecular weight is 298 g/mol. The molecule has 3 aliphatic heterocycles. The lowest BCUT2D eigenvalue weighted by Gasteiger charge is -2.32. The van der Waals surface area contributed by atoms with E-state index in [0.29, 0.717) is 31.6 Å². The summed E-state index contributed by atoms with van der Waals surface area (Å²) in [6.07, 6.45) is 2.47. The van der Waals surface area contributed by atoms with Gasteiger partial charge in [-0.25, -0.2) is 4.79 Å². The van der Waals surface area contributed by atoms with Crippen molar-refractivity contribution in [2.45, 2.75) is 49.6 Å². The zero-order valence-corrected chi connectivity index (χ0v) is 12.2. The Hall–Kier alpha value is -1.24. The van der Waals surface area contributed by atoms with E-state index in [1.165, 1.54) is 4.90 Å². The summed E-state index contributed by atoms with van der Waals surface area (Å²) < 4.78 is 0. The maximum atomic E-state index is 12.6. The Morgan fingerprint density at radius 3 is 2.85 bits per heavy atom. The number of carboxylic acid groups (broad SMARTS) is 1. The molecule has 0 spiro atoms. The number of carboxylic acids is 1. The van der Waals surface area contributed by atoms with Crippen molar-refractivity contribution < 1.29 is 19.5 Å². The molecule has 0 radical (unpaired) electrons. The molecule has 110 valence electrons. The third kappa shape index (κ3) is 1.90. The van der Waals surface area contributed by atoms with E-state index in [9.17, 15) is 19.5 Å². The number of nitrogens with zero attached hydrogens (tertiary/aromatic N) is 2. The minimum absolute atomic E-state index is 0.0157. The van der Waals surface area contributed by atoms with Gasteiger partial charge in [-0.1, -0.05) is 0 Å². The average Bonchev–Trinajstić information content (AvgIpc) is 3.05. The van der Waals surface area contributed by atoms with Crippen molar-refractivity contribution in [2.75, 3.05) is 12.3 Å². The number of hydrogen-bond acceptors (Lipinski definition) is 4. The molecule has 0 saturated carbocycles. The summed E-state index contributed by atoms with van der Waals surface area (Å²) in [5.41, 5.74) is 0. The summed E-state index contributed by atoms with van der Waals surface area (Å²) in [5.74, 6) is -0.551. The van der Waals surface area contributed by atoms with Gasteiger partial charge in [-0.2, -0.15) is 0 Å². The van der Waals surface area contributed by atoms with Crippen LogP contribution in [0.4, 0.5) is 0 Å². The molecular weight excluding hydrogens is 280 g/mol. The van der Waals surface area contributed by atoms with Gasteiger partial charge in [-0.3, -0.25) is 9.59 Å². The van der Waals surface area contributed by atoms with Gasteiger partial charge in [0, 0.05) is 18.7 Å². The van der Waals surface area contributed by atoms with Crippen molar-refractivity contribution in [1.29, 1.82) is 0 Å². The van der Waals surface area contributed by atoms with E-state index < -0.39 is 18.1 Å². The SMILES string of the molecule is CC12CCC(=O)N1C(C(=O)N1CCC[C@@H]1C(=O)O)CS2. The Bertz CT molecular complexity index is 483. The van der Waals surface area contributed by atoms with Crippen LogP contribution in [0.5, 0.6) is 0 Å². The van der Waals surface area contributed by atoms with Crippen LogP contribution in [0.3, 0.4) is 0 Å². The number of amides is 2. The van der Waals surface area contributed by atoms with Crippen molar-refractivity contribution in [3.8, 4) is 0 Å². The van der Waals surface area contributed by atoms with Crippen LogP contribution in [0.15, 0.2) is 0 Å². The predicted molar refractivity (Wildman–Crippen MR) is 73.1 cm³/mol. The molecule has 3 rings (SSSR count). The largest absolute Gasteiger partial charge is 0.480 e. The normalized spacial score (nSPS) is 36.5. The number of hydrogen-bond donors (Lipinski definition) is 1. The van der Waals surface area contributed by atoms with Crippen molar-refractivity contribution in [1.82, 2.24) is 9.80 Å². The van der Waals surface area contributed by atoms with Crippen LogP contribution >= 0.6 is 11.8 Å². The van der Waals surface area contributed by atoms with E-state index in [1.54, 1.807) is 16.7 Å². The van der Waals surface area contributed by atoms with Gasteiger partial charge in [0.05, 0.1) is 4.87 Å². The monoisotopic (exact) mass is 298 g/mol. The number of rotatable bonds is 2. The van der Waals surface area contributed by atoms with Crippen LogP contribution in [-0.4, -0.2) is 61.9 Å². The predicted octanol–water partition coefficient (Wildman–Crippen LogP) is 0.516. The first-order valence-electron chi connectivity index (χ1n) is 6.93. The second kappa shape index (κ2) is 4.65. The van der Waals surface area contributed by atoms with Gasteiger partial charge in [-0.15, -0.1) is 11.8 Å². The van der Waals surface area contributed by atoms with Gasteiger partial charge in [-0.05, 0) is 26.2 Å². The molecule has 20 heavy (non-hydrogen) atoms. The zero-order chi connectivity index (χ0) is 14.5. The van der Waals surface area contributed by atoms with E-state index in [-0.39, 0.29) is 16.7 Å². The van der Waals surface area contributed by atoms with E-state index in [2.05, 4.69) is 0 Å². The highest BCUT2D eigenvalue weighted by Crippen LogP contribution is 2.47. The van der Waals surface area contributed by atoms with Gasteiger partial charge < -0.3 is 14.9 Å². The van der Waals surface area contributed by atoms with Crippen LogP contribution < -0.4 is 0 Å². The van der Waals surface area contributed by atoms with Gasteiger partial charge in [0.2, 0.25) is 11.8 Å². The lowest BCUT2D eigenvalue weighted by atomic mass is 10.1. The Labute approximate surface area is 121 Å². The second-order valence-electron chi connectivity index (χ2n) is 5.79. The Morgan fingerprint density at radius 1 is 1.40 bits per heavy atom. The molecule has 0 aromatic carbocycles. The summed E-state index contributed by atoms with van der Waals surface area (Å²) in [6.45, 7) is 2.48. The number of aliphatic carboxylic acids is 1. The van der Waals surface area contributed by atoms with Crippen LogP contribution in [-0.2, 0) is 14.4 Å². The summed E-state index contributed by atoms with van der Waals surface area (Å²) in [4.78, 5) is 38.7. The molecule has 3 fully saturated rings. The third-order valence-corrected chi connectivity index (χ3v) is 6.06. The van der Waals surface area contributed by atoms with Gasteiger partial charge in [0.25, 0.3) is 0 Å². The molecule has 3 aliphatic rings. The molecular formula is C13H18N2O4S. The topological polar surface area (TPSA) is 77.9 Å². The number of likely N-dealkylation sites (tertiary alicyclic amines) is 1. The van der Waals surface area contributed by atoms with Crippen molar-refractivity contribution in [3.63, 3.8) is 0 Å². The number of fused-ring (bicyclic) bond motifs is 1. The van der Waals surface area contributed by atoms with Crippen LogP contribution in [0.1, 0.15) is 32.6 Å². The van der Waals surface area contributed by atoms with Gasteiger partial charge in [0.1, 0.15) is 12.1 Å². The maximum absolute atomic E-state index is 12.6. The fourth-order valence-corrected chi connectivity index (χ4v) is 4.91. The number of thioether (sulfide) groups is 1. The molecule has 3 saturated heterocycles. The maximum Gasteiger partial charge on any atom is 0.326 e. The Kier molecular flexibility index (Phi) is 3.19. The Balaban J connectivity index is 1.81. The second-order valence-corrected chi connectivity index (χ2v) is 7.29. The smallest absolute Gasteiger partial charge is 0.326 e. The standard InChI is InChI=1S/C13H18N2O4S/c1-13-5-4-10(16)15(13)9(7-20-13)11(17)14-6-2-3-8(14)12(18)19/h8-9H,2-7H2,1H3,(H,18,19)/t8-,9?,13?/m1/s1. The van der Waals surface area contributed by atoms with Gasteiger partial charge >= 0.3 is 5.97 Å². The molecule has 6 nitrogen and oxygen atoms in total. The fourth-order valence-electron chi connectivity index (χ4n) is 3.48. The molecule has 2 unspecified atom stereocenters. The van der Waals surface area contributed by atoms with Crippen molar-refractivity contribution in [2.24, 2.45) is 0 Å². The zero-order valence-electron chi connectivity index (χ0n) is 11.4. The molecule has 0 aromatic heterocycles. The first kappa shape index (κ1) is 13.7. The highest BCUT2D eigenvalue weighted by molar-refractivity contribution is 8.01.